The van der Waals surface area contributed by atoms with Gasteiger partial charge in [-0.15, -0.1) is 0 Å². The summed E-state index contributed by atoms with van der Waals surface area (Å²) >= 11 is 0. The van der Waals surface area contributed by atoms with E-state index in [4.69, 9.17) is 15.5 Å². The highest BCUT2D eigenvalue weighted by Crippen LogP contribution is 2.41. The van der Waals surface area contributed by atoms with Crippen molar-refractivity contribution in [1.29, 1.82) is 0 Å². The van der Waals surface area contributed by atoms with E-state index in [0.717, 1.165) is 53.1 Å². The average Bonchev–Trinajstić information content (AvgIpc) is 2.99. The minimum Gasteiger partial charge on any atom is -0.497 e. The number of nitrogens with two attached hydrogens (primary N) is 1. The van der Waals surface area contributed by atoms with Crippen LogP contribution >= 0.6 is 0 Å². The van der Waals surface area contributed by atoms with E-state index < -0.39 is 0 Å². The highest BCUT2D eigenvalue weighted by atomic mass is 16.5. The molecule has 146 valence electrons. The van der Waals surface area contributed by atoms with Crippen molar-refractivity contribution in [3.63, 3.8) is 0 Å². The molecule has 1 aromatic carbocycles. The van der Waals surface area contributed by atoms with Crippen molar-refractivity contribution in [2.24, 2.45) is 0 Å². The number of nitrogen functional groups attached to an aromatic ring is 1. The van der Waals surface area contributed by atoms with Crippen molar-refractivity contribution in [3.8, 4) is 17.0 Å². The van der Waals surface area contributed by atoms with Crippen molar-refractivity contribution in [2.45, 2.75) is 33.2 Å². The highest BCUT2D eigenvalue weighted by Gasteiger charge is 2.25. The molecule has 4 aromatic rings. The molecule has 0 saturated heterocycles. The Hall–Kier alpha value is -3.34. The van der Waals surface area contributed by atoms with Gasteiger partial charge in [0.1, 0.15) is 11.4 Å². The number of rotatable bonds is 3. The summed E-state index contributed by atoms with van der Waals surface area (Å²) in [6, 6.07) is 10.3. The van der Waals surface area contributed by atoms with E-state index in [2.05, 4.69) is 35.5 Å². The van der Waals surface area contributed by atoms with Gasteiger partial charge in [-0.05, 0) is 73.7 Å². The summed E-state index contributed by atoms with van der Waals surface area (Å²) in [5, 5.41) is 1.09. The lowest BCUT2D eigenvalue weighted by molar-refractivity contribution is 0.414. The second-order valence-electron chi connectivity index (χ2n) is 7.73. The van der Waals surface area contributed by atoms with Crippen molar-refractivity contribution in [3.05, 3.63) is 70.7 Å². The van der Waals surface area contributed by atoms with Crippen LogP contribution in [0.25, 0.3) is 22.3 Å². The van der Waals surface area contributed by atoms with Gasteiger partial charge in [0.2, 0.25) is 0 Å². The molecule has 29 heavy (non-hydrogen) atoms. The Kier molecular flexibility index (Phi) is 4.05. The van der Waals surface area contributed by atoms with E-state index >= 15 is 0 Å². The minimum atomic E-state index is 0.749. The molecule has 1 aliphatic carbocycles. The standard InChI is InChI=1S/C24H24N4O/c1-14-15(2)28(13-16-8-10-26-11-9-16)24-21(14)22(25)20-6-4-17-12-18(29-3)5-7-19(17)23(20)27-24/h5,7-12H,4,6,13H2,1-3H3,(H2,25,27). The van der Waals surface area contributed by atoms with Crippen LogP contribution in [0, 0.1) is 13.8 Å². The third kappa shape index (κ3) is 2.69. The fourth-order valence-corrected chi connectivity index (χ4v) is 4.47. The summed E-state index contributed by atoms with van der Waals surface area (Å²) in [6.07, 6.45) is 5.51. The first kappa shape index (κ1) is 17.7. The number of methoxy groups -OCH3 is 1. The maximum atomic E-state index is 6.74. The third-order valence-electron chi connectivity index (χ3n) is 6.20. The van der Waals surface area contributed by atoms with Crippen molar-refractivity contribution < 1.29 is 4.74 Å². The largest absolute Gasteiger partial charge is 0.497 e. The van der Waals surface area contributed by atoms with Gasteiger partial charge in [-0.2, -0.15) is 0 Å². The zero-order valence-electron chi connectivity index (χ0n) is 17.0. The molecule has 5 rings (SSSR count). The second-order valence-corrected chi connectivity index (χ2v) is 7.73. The van der Waals surface area contributed by atoms with Gasteiger partial charge in [0, 0.05) is 46.8 Å². The maximum Gasteiger partial charge on any atom is 0.143 e. The number of anilines is 1. The fourth-order valence-electron chi connectivity index (χ4n) is 4.47. The number of benzene rings is 1. The van der Waals surface area contributed by atoms with Crippen LogP contribution in [-0.2, 0) is 19.4 Å². The lowest BCUT2D eigenvalue weighted by Crippen LogP contribution is -2.11. The molecule has 0 amide bonds. The van der Waals surface area contributed by atoms with Gasteiger partial charge >= 0.3 is 0 Å². The predicted molar refractivity (Wildman–Crippen MR) is 116 cm³/mol. The number of aromatic nitrogens is 3. The number of hydrogen-bond donors (Lipinski definition) is 1. The third-order valence-corrected chi connectivity index (χ3v) is 6.20. The Morgan fingerprint density at radius 1 is 1.10 bits per heavy atom. The molecule has 1 aliphatic rings. The molecule has 0 saturated carbocycles. The first-order valence-electron chi connectivity index (χ1n) is 9.92. The highest BCUT2D eigenvalue weighted by molar-refractivity contribution is 5.98. The first-order chi connectivity index (χ1) is 14.1. The lowest BCUT2D eigenvalue weighted by atomic mass is 9.87. The predicted octanol–water partition coefficient (Wildman–Crippen LogP) is 4.45. The maximum absolute atomic E-state index is 6.74. The van der Waals surface area contributed by atoms with Gasteiger partial charge in [0.15, 0.2) is 0 Å². The molecule has 5 heteroatoms. The lowest BCUT2D eigenvalue weighted by Gasteiger charge is -2.22. The van der Waals surface area contributed by atoms with Crippen LogP contribution in [0.1, 0.15) is 27.9 Å². The second kappa shape index (κ2) is 6.62. The monoisotopic (exact) mass is 384 g/mol. The van der Waals surface area contributed by atoms with Crippen LogP contribution < -0.4 is 10.5 Å². The van der Waals surface area contributed by atoms with Crippen LogP contribution in [0.3, 0.4) is 0 Å². The minimum absolute atomic E-state index is 0.749. The molecule has 5 nitrogen and oxygen atoms in total. The fraction of sp³-hybridized carbons (Fsp3) is 0.250. The van der Waals surface area contributed by atoms with Gasteiger partial charge in [0.05, 0.1) is 12.8 Å². The number of aryl methyl sites for hydroxylation is 2. The Morgan fingerprint density at radius 2 is 1.90 bits per heavy atom. The molecule has 0 unspecified atom stereocenters. The van der Waals surface area contributed by atoms with Gasteiger partial charge in [-0.1, -0.05) is 0 Å². The van der Waals surface area contributed by atoms with Crippen LogP contribution in [0.5, 0.6) is 5.75 Å². The first-order valence-corrected chi connectivity index (χ1v) is 9.92. The number of nitrogens with zero attached hydrogens (tertiary/aromatic N) is 3. The molecule has 3 heterocycles. The summed E-state index contributed by atoms with van der Waals surface area (Å²) in [4.78, 5) is 9.31. The molecule has 3 aromatic heterocycles. The molecule has 0 fully saturated rings. The molecule has 0 bridgehead atoms. The van der Waals surface area contributed by atoms with Gasteiger partial charge < -0.3 is 15.0 Å². The Labute approximate surface area is 170 Å². The molecule has 0 aliphatic heterocycles. The zero-order chi connectivity index (χ0) is 20.1. The van der Waals surface area contributed by atoms with E-state index in [0.29, 0.717) is 0 Å². The summed E-state index contributed by atoms with van der Waals surface area (Å²) in [5.74, 6) is 0.883. The van der Waals surface area contributed by atoms with Gasteiger partial charge in [0.25, 0.3) is 0 Å². The van der Waals surface area contributed by atoms with Crippen LogP contribution in [0.2, 0.25) is 0 Å². The molecule has 0 atom stereocenters. The summed E-state index contributed by atoms with van der Waals surface area (Å²) in [7, 11) is 1.70. The molecular weight excluding hydrogens is 360 g/mol. The Balaban J connectivity index is 1.75. The SMILES string of the molecule is COc1ccc2c(c1)CCc1c-2nc2c(c(C)c(C)n2Cc2ccncc2)c1N. The normalized spacial score (nSPS) is 12.7. The van der Waals surface area contributed by atoms with Crippen molar-refractivity contribution in [1.82, 2.24) is 14.5 Å². The van der Waals surface area contributed by atoms with Crippen molar-refractivity contribution in [2.75, 3.05) is 12.8 Å². The molecule has 0 spiro atoms. The van der Waals surface area contributed by atoms with E-state index in [-0.39, 0.29) is 0 Å². The quantitative estimate of drug-likeness (QED) is 0.567. The molecule has 0 radical (unpaired) electrons. The molecule has 2 N–H and O–H groups in total. The van der Waals surface area contributed by atoms with Gasteiger partial charge in [-0.3, -0.25) is 4.98 Å². The van der Waals surface area contributed by atoms with Crippen LogP contribution in [0.4, 0.5) is 5.69 Å². The van der Waals surface area contributed by atoms with E-state index in [1.165, 1.54) is 27.9 Å². The van der Waals surface area contributed by atoms with Crippen molar-refractivity contribution >= 4 is 16.7 Å². The molecular formula is C24H24N4O. The Bertz CT molecular complexity index is 1240. The summed E-state index contributed by atoms with van der Waals surface area (Å²) < 4.78 is 7.68. The number of hydrogen-bond acceptors (Lipinski definition) is 4. The topological polar surface area (TPSA) is 66.0 Å². The zero-order valence-corrected chi connectivity index (χ0v) is 17.0. The number of fused-ring (bicyclic) bond motifs is 4. The van der Waals surface area contributed by atoms with E-state index in [1.807, 2.05) is 30.6 Å². The van der Waals surface area contributed by atoms with E-state index in [1.54, 1.807) is 7.11 Å². The van der Waals surface area contributed by atoms with Gasteiger partial charge in [-0.25, -0.2) is 4.98 Å². The summed E-state index contributed by atoms with van der Waals surface area (Å²) in [5.41, 5.74) is 16.8. The average molecular weight is 384 g/mol. The number of ether oxygens (including phenoxy) is 1. The Morgan fingerprint density at radius 3 is 2.66 bits per heavy atom. The van der Waals surface area contributed by atoms with E-state index in [9.17, 15) is 0 Å². The number of pyridine rings is 2. The van der Waals surface area contributed by atoms with Crippen LogP contribution in [-0.4, -0.2) is 21.6 Å². The summed E-state index contributed by atoms with van der Waals surface area (Å²) in [6.45, 7) is 5.04. The smallest absolute Gasteiger partial charge is 0.143 e. The van der Waals surface area contributed by atoms with Crippen LogP contribution in [0.15, 0.2) is 42.7 Å².